The lowest BCUT2D eigenvalue weighted by Crippen LogP contribution is -2.43. The number of nitrogens with one attached hydrogen (secondary N) is 1. The Labute approximate surface area is 132 Å². The molecule has 1 N–H and O–H groups in total. The molecule has 6 heteroatoms. The SMILES string of the molecule is CCc1cc(C(=O)N(CCc2cccs2)C(=O)NC)cs1. The van der Waals surface area contributed by atoms with Crippen LogP contribution in [-0.4, -0.2) is 30.4 Å². The van der Waals surface area contributed by atoms with Gasteiger partial charge in [0.1, 0.15) is 0 Å². The molecule has 0 radical (unpaired) electrons. The third-order valence-electron chi connectivity index (χ3n) is 3.12. The van der Waals surface area contributed by atoms with Crippen LogP contribution in [0.25, 0.3) is 0 Å². The molecular formula is C15H18N2O2S2. The number of amides is 3. The van der Waals surface area contributed by atoms with Gasteiger partial charge in [0.15, 0.2) is 0 Å². The fourth-order valence-electron chi connectivity index (χ4n) is 1.94. The van der Waals surface area contributed by atoms with Gasteiger partial charge in [-0.1, -0.05) is 13.0 Å². The summed E-state index contributed by atoms with van der Waals surface area (Å²) in [6.07, 6.45) is 1.58. The average Bonchev–Trinajstić information content (AvgIpc) is 3.17. The number of hydrogen-bond acceptors (Lipinski definition) is 4. The van der Waals surface area contributed by atoms with Crippen molar-refractivity contribution in [2.24, 2.45) is 0 Å². The van der Waals surface area contributed by atoms with Crippen LogP contribution in [0.4, 0.5) is 4.79 Å². The standard InChI is InChI=1S/C15H18N2O2S2/c1-3-12-9-11(10-21-12)14(18)17(15(19)16-2)7-6-13-5-4-8-20-13/h4-5,8-10H,3,6-7H2,1-2H3,(H,16,19). The summed E-state index contributed by atoms with van der Waals surface area (Å²) in [7, 11) is 1.54. The first-order valence-electron chi connectivity index (χ1n) is 6.79. The summed E-state index contributed by atoms with van der Waals surface area (Å²) < 4.78 is 0. The molecule has 0 unspecified atom stereocenters. The highest BCUT2D eigenvalue weighted by atomic mass is 32.1. The number of hydrogen-bond donors (Lipinski definition) is 1. The highest BCUT2D eigenvalue weighted by Gasteiger charge is 2.22. The fraction of sp³-hybridized carbons (Fsp3) is 0.333. The zero-order valence-corrected chi connectivity index (χ0v) is 13.7. The largest absolute Gasteiger partial charge is 0.341 e. The Morgan fingerprint density at radius 1 is 1.29 bits per heavy atom. The Bertz CT molecular complexity index is 605. The van der Waals surface area contributed by atoms with Gasteiger partial charge in [0.05, 0.1) is 5.56 Å². The van der Waals surface area contributed by atoms with Crippen LogP contribution < -0.4 is 5.32 Å². The Balaban J connectivity index is 2.11. The molecule has 4 nitrogen and oxygen atoms in total. The van der Waals surface area contributed by atoms with Gasteiger partial charge < -0.3 is 5.32 Å². The van der Waals surface area contributed by atoms with E-state index in [4.69, 9.17) is 0 Å². The van der Waals surface area contributed by atoms with Crippen LogP contribution in [0.3, 0.4) is 0 Å². The van der Waals surface area contributed by atoms with Crippen LogP contribution in [0, 0.1) is 0 Å². The third kappa shape index (κ3) is 3.92. The van der Waals surface area contributed by atoms with Gasteiger partial charge in [-0.2, -0.15) is 0 Å². The van der Waals surface area contributed by atoms with Crippen LogP contribution in [-0.2, 0) is 12.8 Å². The minimum Gasteiger partial charge on any atom is -0.341 e. The Morgan fingerprint density at radius 2 is 2.10 bits per heavy atom. The van der Waals surface area contributed by atoms with Crippen molar-refractivity contribution in [2.45, 2.75) is 19.8 Å². The van der Waals surface area contributed by atoms with Crippen molar-refractivity contribution in [3.05, 3.63) is 44.3 Å². The second kappa shape index (κ2) is 7.38. The van der Waals surface area contributed by atoms with E-state index in [1.807, 2.05) is 35.9 Å². The molecule has 2 rings (SSSR count). The van der Waals surface area contributed by atoms with E-state index >= 15 is 0 Å². The summed E-state index contributed by atoms with van der Waals surface area (Å²) in [6.45, 7) is 2.43. The fourth-order valence-corrected chi connectivity index (χ4v) is 3.45. The number of aryl methyl sites for hydroxylation is 1. The third-order valence-corrected chi connectivity index (χ3v) is 5.13. The van der Waals surface area contributed by atoms with Crippen molar-refractivity contribution in [3.63, 3.8) is 0 Å². The van der Waals surface area contributed by atoms with E-state index in [1.54, 1.807) is 29.7 Å². The summed E-state index contributed by atoms with van der Waals surface area (Å²) >= 11 is 3.19. The minimum atomic E-state index is -0.360. The lowest BCUT2D eigenvalue weighted by Gasteiger charge is -2.19. The zero-order valence-electron chi connectivity index (χ0n) is 12.1. The average molecular weight is 322 g/mol. The summed E-state index contributed by atoms with van der Waals surface area (Å²) in [6, 6.07) is 5.49. The second-order valence-corrected chi connectivity index (χ2v) is 6.52. The normalized spacial score (nSPS) is 10.4. The van der Waals surface area contributed by atoms with Gasteiger partial charge in [-0.25, -0.2) is 4.79 Å². The number of thiophene rings is 2. The molecule has 0 atom stereocenters. The lowest BCUT2D eigenvalue weighted by atomic mass is 10.2. The summed E-state index contributed by atoms with van der Waals surface area (Å²) in [5, 5.41) is 6.36. The molecule has 0 bridgehead atoms. The molecular weight excluding hydrogens is 304 g/mol. The van der Waals surface area contributed by atoms with Crippen molar-refractivity contribution in [3.8, 4) is 0 Å². The molecule has 2 heterocycles. The maximum Gasteiger partial charge on any atom is 0.324 e. The lowest BCUT2D eigenvalue weighted by molar-refractivity contribution is 0.0804. The van der Waals surface area contributed by atoms with Gasteiger partial charge in [-0.3, -0.25) is 9.69 Å². The van der Waals surface area contributed by atoms with Crippen molar-refractivity contribution < 1.29 is 9.59 Å². The predicted molar refractivity (Wildman–Crippen MR) is 87.2 cm³/mol. The van der Waals surface area contributed by atoms with Gasteiger partial charge in [0, 0.05) is 28.7 Å². The second-order valence-electron chi connectivity index (χ2n) is 4.50. The van der Waals surface area contributed by atoms with Crippen LogP contribution in [0.5, 0.6) is 0 Å². The number of nitrogens with zero attached hydrogens (tertiary/aromatic N) is 1. The van der Waals surface area contributed by atoms with Crippen molar-refractivity contribution >= 4 is 34.6 Å². The van der Waals surface area contributed by atoms with E-state index in [0.717, 1.165) is 16.2 Å². The molecule has 2 aromatic heterocycles. The highest BCUT2D eigenvalue weighted by molar-refractivity contribution is 7.10. The molecule has 0 saturated carbocycles. The van der Waals surface area contributed by atoms with Gasteiger partial charge >= 0.3 is 6.03 Å². The maximum atomic E-state index is 12.5. The Morgan fingerprint density at radius 3 is 2.67 bits per heavy atom. The van der Waals surface area contributed by atoms with E-state index in [-0.39, 0.29) is 11.9 Å². The first-order valence-corrected chi connectivity index (χ1v) is 8.55. The molecule has 0 fully saturated rings. The number of rotatable bonds is 5. The number of imide groups is 1. The van der Waals surface area contributed by atoms with Crippen LogP contribution in [0.1, 0.15) is 27.0 Å². The van der Waals surface area contributed by atoms with Gasteiger partial charge in [0.25, 0.3) is 5.91 Å². The number of carbonyl (C=O) groups excluding carboxylic acids is 2. The zero-order chi connectivity index (χ0) is 15.2. The monoisotopic (exact) mass is 322 g/mol. The molecule has 0 aliphatic heterocycles. The highest BCUT2D eigenvalue weighted by Crippen LogP contribution is 2.18. The molecule has 0 aromatic carbocycles. The van der Waals surface area contributed by atoms with E-state index < -0.39 is 0 Å². The molecule has 0 aliphatic rings. The maximum absolute atomic E-state index is 12.5. The van der Waals surface area contributed by atoms with E-state index in [9.17, 15) is 9.59 Å². The molecule has 0 aliphatic carbocycles. The van der Waals surface area contributed by atoms with Gasteiger partial charge in [0.2, 0.25) is 0 Å². The molecule has 0 spiro atoms. The molecule has 21 heavy (non-hydrogen) atoms. The quantitative estimate of drug-likeness (QED) is 0.917. The van der Waals surface area contributed by atoms with E-state index in [1.165, 1.54) is 4.90 Å². The molecule has 2 aromatic rings. The van der Waals surface area contributed by atoms with Gasteiger partial charge in [-0.15, -0.1) is 22.7 Å². The van der Waals surface area contributed by atoms with Crippen molar-refractivity contribution in [1.29, 1.82) is 0 Å². The Kier molecular flexibility index (Phi) is 5.52. The van der Waals surface area contributed by atoms with Crippen LogP contribution >= 0.6 is 22.7 Å². The summed E-state index contributed by atoms with van der Waals surface area (Å²) in [5.74, 6) is -0.234. The number of carbonyl (C=O) groups is 2. The first-order chi connectivity index (χ1) is 10.2. The van der Waals surface area contributed by atoms with Crippen LogP contribution in [0.2, 0.25) is 0 Å². The minimum absolute atomic E-state index is 0.234. The van der Waals surface area contributed by atoms with Gasteiger partial charge in [-0.05, 0) is 30.4 Å². The molecule has 112 valence electrons. The summed E-state index contributed by atoms with van der Waals surface area (Å²) in [4.78, 5) is 28.1. The van der Waals surface area contributed by atoms with E-state index in [2.05, 4.69) is 5.32 Å². The topological polar surface area (TPSA) is 49.4 Å². The van der Waals surface area contributed by atoms with Crippen LogP contribution in [0.15, 0.2) is 29.0 Å². The Hall–Kier alpha value is -1.66. The predicted octanol–water partition coefficient (Wildman–Crippen LogP) is 3.40. The molecule has 3 amide bonds. The summed E-state index contributed by atoms with van der Waals surface area (Å²) in [5.41, 5.74) is 0.589. The van der Waals surface area contributed by atoms with E-state index in [0.29, 0.717) is 18.5 Å². The van der Waals surface area contributed by atoms with Crippen molar-refractivity contribution in [1.82, 2.24) is 10.2 Å². The van der Waals surface area contributed by atoms with Crippen molar-refractivity contribution in [2.75, 3.05) is 13.6 Å². The first kappa shape index (κ1) is 15.7. The smallest absolute Gasteiger partial charge is 0.324 e. The molecule has 0 saturated heterocycles. The number of urea groups is 1.